The normalized spacial score (nSPS) is 20.0. The van der Waals surface area contributed by atoms with Crippen molar-refractivity contribution in [2.24, 2.45) is 11.1 Å². The molecule has 1 aromatic heterocycles. The van der Waals surface area contributed by atoms with E-state index in [1.54, 1.807) is 10.8 Å². The highest BCUT2D eigenvalue weighted by Crippen LogP contribution is 2.30. The predicted molar refractivity (Wildman–Crippen MR) is 139 cm³/mol. The average molecular weight is 482 g/mol. The maximum atomic E-state index is 12.7. The molecule has 1 aromatic carbocycles. The van der Waals surface area contributed by atoms with Gasteiger partial charge in [-0.05, 0) is 80.8 Å². The number of anilines is 1. The number of rotatable bonds is 12. The van der Waals surface area contributed by atoms with E-state index in [0.29, 0.717) is 18.4 Å². The van der Waals surface area contributed by atoms with Crippen molar-refractivity contribution in [1.82, 2.24) is 25.1 Å². The molecule has 0 spiro atoms. The van der Waals surface area contributed by atoms with E-state index in [4.69, 9.17) is 5.73 Å². The maximum absolute atomic E-state index is 12.7. The molecule has 0 bridgehead atoms. The molecule has 3 heterocycles. The topological polar surface area (TPSA) is 117 Å². The quantitative estimate of drug-likeness (QED) is 0.265. The molecule has 2 aliphatic rings. The van der Waals surface area contributed by atoms with Crippen LogP contribution in [0.4, 0.5) is 5.82 Å². The Bertz CT molecular complexity index is 1000. The highest BCUT2D eigenvalue weighted by Gasteiger charge is 2.35. The van der Waals surface area contributed by atoms with Crippen molar-refractivity contribution in [2.45, 2.75) is 44.6 Å². The lowest BCUT2D eigenvalue weighted by atomic mass is 9.75. The Labute approximate surface area is 207 Å². The van der Waals surface area contributed by atoms with E-state index in [-0.39, 0.29) is 11.1 Å². The number of aromatic nitrogens is 2. The molecule has 0 saturated carbocycles. The third-order valence-electron chi connectivity index (χ3n) is 7.44. The van der Waals surface area contributed by atoms with Crippen LogP contribution in [0, 0.1) is 5.41 Å². The second-order valence-electron chi connectivity index (χ2n) is 10.0. The van der Waals surface area contributed by atoms with Gasteiger partial charge in [0.2, 0.25) is 6.41 Å². The fourth-order valence-electron chi connectivity index (χ4n) is 5.02. The van der Waals surface area contributed by atoms with Gasteiger partial charge in [0.25, 0.3) is 0 Å². The lowest BCUT2D eigenvalue weighted by Gasteiger charge is -2.43. The molecule has 35 heavy (non-hydrogen) atoms. The van der Waals surface area contributed by atoms with Crippen LogP contribution in [0.1, 0.15) is 37.7 Å². The molecule has 1 amide bonds. The summed E-state index contributed by atoms with van der Waals surface area (Å²) in [6, 6.07) is 10.4. The molecule has 1 atom stereocenters. The fraction of sp³-hybridized carbons (Fsp3) is 0.577. The Morgan fingerprint density at radius 1 is 1.11 bits per heavy atom. The predicted octanol–water partition coefficient (Wildman–Crippen LogP) is 1.12. The van der Waals surface area contributed by atoms with E-state index in [1.165, 1.54) is 12.0 Å². The number of nitrogens with two attached hydrogens (primary N) is 1. The number of likely N-dealkylation sites (tertiary alicyclic amines) is 1. The van der Waals surface area contributed by atoms with Crippen molar-refractivity contribution in [3.05, 3.63) is 52.6 Å². The summed E-state index contributed by atoms with van der Waals surface area (Å²) >= 11 is 0. The third kappa shape index (κ3) is 7.13. The third-order valence-corrected chi connectivity index (χ3v) is 7.44. The molecule has 2 fully saturated rings. The van der Waals surface area contributed by atoms with Crippen molar-refractivity contribution >= 4 is 12.2 Å². The molecule has 5 N–H and O–H groups in total. The average Bonchev–Trinajstić information content (AvgIpc) is 3.05. The number of carbonyl (C=O) groups is 1. The Morgan fingerprint density at radius 2 is 1.91 bits per heavy atom. The summed E-state index contributed by atoms with van der Waals surface area (Å²) < 4.78 is 1.58. The van der Waals surface area contributed by atoms with Crippen LogP contribution >= 0.6 is 0 Å². The number of carbonyl (C=O) groups excluding carboxylic acids is 1. The van der Waals surface area contributed by atoms with Crippen LogP contribution in [0.25, 0.3) is 5.69 Å². The maximum Gasteiger partial charge on any atom is 0.354 e. The number of benzene rings is 1. The van der Waals surface area contributed by atoms with Crippen LogP contribution in [-0.4, -0.2) is 72.7 Å². The smallest absolute Gasteiger partial charge is 0.354 e. The summed E-state index contributed by atoms with van der Waals surface area (Å²) in [5.41, 5.74) is 8.08. The van der Waals surface area contributed by atoms with Crippen LogP contribution in [0.3, 0.4) is 0 Å². The first-order chi connectivity index (χ1) is 17.1. The molecular weight excluding hydrogens is 442 g/mol. The van der Waals surface area contributed by atoms with Crippen molar-refractivity contribution in [3.63, 3.8) is 0 Å². The van der Waals surface area contributed by atoms with Gasteiger partial charge in [-0.3, -0.25) is 9.36 Å². The molecule has 1 unspecified atom stereocenters. The summed E-state index contributed by atoms with van der Waals surface area (Å²) in [6.45, 7) is 6.57. The molecule has 2 saturated heterocycles. The second kappa shape index (κ2) is 12.3. The van der Waals surface area contributed by atoms with E-state index >= 15 is 0 Å². The van der Waals surface area contributed by atoms with Crippen molar-refractivity contribution in [2.75, 3.05) is 51.1 Å². The van der Waals surface area contributed by atoms with Gasteiger partial charge in [0.15, 0.2) is 0 Å². The Morgan fingerprint density at radius 3 is 2.63 bits per heavy atom. The summed E-state index contributed by atoms with van der Waals surface area (Å²) in [5.74, 6) is 0.591. The SMILES string of the molecule is NC1CCCN(CCc2ccc(-n3ccc(NCCC4(CCNC=O)CNC4)nc3=O)cc2)CC1. The van der Waals surface area contributed by atoms with Crippen LogP contribution in [0.5, 0.6) is 0 Å². The van der Waals surface area contributed by atoms with Crippen LogP contribution in [0.15, 0.2) is 41.3 Å². The number of hydrogen-bond acceptors (Lipinski definition) is 7. The standard InChI is InChI=1S/C26H39N7O2/c27-22-2-1-14-32(16-8-22)15-7-21-3-5-23(6-4-21)33-17-9-24(31-25(33)35)30-13-11-26(18-29-19-26)10-12-28-20-34/h3-6,9,17,20,22,29H,1-2,7-8,10-16,18-19,27H2,(H,28,34)(H,30,31,35). The number of nitrogens with zero attached hydrogens (tertiary/aromatic N) is 3. The summed E-state index contributed by atoms with van der Waals surface area (Å²) in [5, 5.41) is 9.36. The van der Waals surface area contributed by atoms with Gasteiger partial charge in [-0.25, -0.2) is 4.79 Å². The first kappa shape index (κ1) is 25.3. The van der Waals surface area contributed by atoms with Crippen LogP contribution in [0.2, 0.25) is 0 Å². The highest BCUT2D eigenvalue weighted by molar-refractivity contribution is 5.45. The van der Waals surface area contributed by atoms with Gasteiger partial charge < -0.3 is 26.6 Å². The molecule has 4 rings (SSSR count). The van der Waals surface area contributed by atoms with E-state index < -0.39 is 0 Å². The molecule has 190 valence electrons. The monoisotopic (exact) mass is 481 g/mol. The van der Waals surface area contributed by atoms with Gasteiger partial charge in [0.05, 0.1) is 5.69 Å². The Kier molecular flexibility index (Phi) is 8.90. The molecule has 2 aromatic rings. The lowest BCUT2D eigenvalue weighted by molar-refractivity contribution is -0.109. The molecule has 9 nitrogen and oxygen atoms in total. The van der Waals surface area contributed by atoms with E-state index in [1.807, 2.05) is 18.2 Å². The van der Waals surface area contributed by atoms with Crippen LogP contribution in [-0.2, 0) is 11.2 Å². The molecule has 0 aliphatic carbocycles. The van der Waals surface area contributed by atoms with Gasteiger partial charge in [-0.1, -0.05) is 12.1 Å². The summed E-state index contributed by atoms with van der Waals surface area (Å²) in [4.78, 5) is 29.9. The second-order valence-corrected chi connectivity index (χ2v) is 10.0. The highest BCUT2D eigenvalue weighted by atomic mass is 16.1. The number of hydrogen-bond donors (Lipinski definition) is 4. The molecule has 9 heteroatoms. The van der Waals surface area contributed by atoms with Crippen molar-refractivity contribution < 1.29 is 4.79 Å². The van der Waals surface area contributed by atoms with Gasteiger partial charge in [0.1, 0.15) is 5.82 Å². The minimum absolute atomic E-state index is 0.194. The van der Waals surface area contributed by atoms with E-state index in [2.05, 4.69) is 38.0 Å². The van der Waals surface area contributed by atoms with E-state index in [9.17, 15) is 9.59 Å². The van der Waals surface area contributed by atoms with Gasteiger partial charge >= 0.3 is 5.69 Å². The van der Waals surface area contributed by atoms with E-state index in [0.717, 1.165) is 83.5 Å². The zero-order valence-electron chi connectivity index (χ0n) is 20.5. The molecule has 0 radical (unpaired) electrons. The zero-order valence-corrected chi connectivity index (χ0v) is 20.5. The first-order valence-electron chi connectivity index (χ1n) is 12.9. The molecule has 2 aliphatic heterocycles. The lowest BCUT2D eigenvalue weighted by Crippen LogP contribution is -2.55. The van der Waals surface area contributed by atoms with Gasteiger partial charge in [0, 0.05) is 45.0 Å². The van der Waals surface area contributed by atoms with Crippen molar-refractivity contribution in [3.8, 4) is 5.69 Å². The minimum Gasteiger partial charge on any atom is -0.370 e. The largest absolute Gasteiger partial charge is 0.370 e. The Balaban J connectivity index is 1.27. The van der Waals surface area contributed by atoms with Crippen LogP contribution < -0.4 is 27.4 Å². The number of amides is 1. The van der Waals surface area contributed by atoms with Gasteiger partial charge in [-0.15, -0.1) is 0 Å². The Hall–Kier alpha value is -2.75. The number of nitrogens with one attached hydrogen (secondary N) is 3. The van der Waals surface area contributed by atoms with Crippen molar-refractivity contribution in [1.29, 1.82) is 0 Å². The summed E-state index contributed by atoms with van der Waals surface area (Å²) in [6.07, 6.45) is 8.80. The zero-order chi connectivity index (χ0) is 24.5. The first-order valence-corrected chi connectivity index (χ1v) is 12.9. The minimum atomic E-state index is -0.293. The van der Waals surface area contributed by atoms with Gasteiger partial charge in [-0.2, -0.15) is 4.98 Å². The fourth-order valence-corrected chi connectivity index (χ4v) is 5.02. The summed E-state index contributed by atoms with van der Waals surface area (Å²) in [7, 11) is 0. The molecular formula is C26H39N7O2.